The number of nitrogens with one attached hydrogen (secondary N) is 2. The summed E-state index contributed by atoms with van der Waals surface area (Å²) in [4.78, 5) is 50.0. The Morgan fingerprint density at radius 2 is 1.49 bits per heavy atom. The predicted octanol–water partition coefficient (Wildman–Crippen LogP) is 2.21. The average molecular weight is 497 g/mol. The minimum atomic E-state index is -1.40. The Kier molecular flexibility index (Phi) is 10.5. The van der Waals surface area contributed by atoms with E-state index in [1.54, 1.807) is 41.5 Å². The Hall–Kier alpha value is -3.38. The lowest BCUT2D eigenvalue weighted by Gasteiger charge is -2.26. The zero-order chi connectivity index (χ0) is 27.0. The number of anilines is 1. The number of nitrogens with zero attached hydrogens (tertiary/aromatic N) is 1. The van der Waals surface area contributed by atoms with E-state index in [4.69, 9.17) is 19.4 Å². The van der Waals surface area contributed by atoms with Crippen molar-refractivity contribution in [1.82, 2.24) is 10.6 Å². The summed E-state index contributed by atoms with van der Waals surface area (Å²) in [6.45, 7) is 9.87. The van der Waals surface area contributed by atoms with Crippen molar-refractivity contribution in [3.63, 3.8) is 0 Å². The summed E-state index contributed by atoms with van der Waals surface area (Å²) in [5.74, 6) is -2.36. The molecule has 2 atom stereocenters. The highest BCUT2D eigenvalue weighted by Gasteiger charge is 2.32. The first-order valence-electron chi connectivity index (χ1n) is 10.9. The number of benzene rings is 1. The highest BCUT2D eigenvalue weighted by molar-refractivity contribution is 5.92. The van der Waals surface area contributed by atoms with E-state index >= 15 is 0 Å². The molecule has 0 bridgehead atoms. The lowest BCUT2D eigenvalue weighted by Crippen LogP contribution is -2.54. The number of ether oxygens (including phenoxy) is 3. The van der Waals surface area contributed by atoms with Crippen molar-refractivity contribution in [2.45, 2.75) is 77.7 Å². The van der Waals surface area contributed by atoms with Crippen LogP contribution in [-0.2, 0) is 35.0 Å². The molecule has 0 saturated carbocycles. The molecule has 2 unspecified atom stereocenters. The van der Waals surface area contributed by atoms with Gasteiger partial charge in [-0.25, -0.2) is 9.59 Å². The minimum absolute atomic E-state index is 0.0219. The first kappa shape index (κ1) is 29.7. The molecule has 0 radical (unpaired) electrons. The minimum Gasteiger partial charge on any atom is -0.733 e. The van der Waals surface area contributed by atoms with E-state index in [1.807, 2.05) is 0 Å². The molecule has 35 heavy (non-hydrogen) atoms. The van der Waals surface area contributed by atoms with Gasteiger partial charge in [0, 0.05) is 6.42 Å². The molecular formula is C23H34N3O9-. The third-order valence-corrected chi connectivity index (χ3v) is 4.20. The third kappa shape index (κ3) is 11.5. The molecule has 0 fully saturated rings. The molecule has 12 nitrogen and oxygen atoms in total. The van der Waals surface area contributed by atoms with Gasteiger partial charge in [0.2, 0.25) is 5.91 Å². The second kappa shape index (κ2) is 12.4. The van der Waals surface area contributed by atoms with E-state index in [-0.39, 0.29) is 17.3 Å². The van der Waals surface area contributed by atoms with Gasteiger partial charge in [0.15, 0.2) is 0 Å². The van der Waals surface area contributed by atoms with Crippen LogP contribution in [0.3, 0.4) is 0 Å². The number of alkyl carbamates (subject to hydrolysis) is 1. The monoisotopic (exact) mass is 496 g/mol. The van der Waals surface area contributed by atoms with Crippen molar-refractivity contribution in [3.05, 3.63) is 35.0 Å². The first-order chi connectivity index (χ1) is 16.0. The van der Waals surface area contributed by atoms with Crippen LogP contribution >= 0.6 is 0 Å². The van der Waals surface area contributed by atoms with Gasteiger partial charge in [0.05, 0.1) is 19.2 Å². The van der Waals surface area contributed by atoms with Crippen molar-refractivity contribution < 1.29 is 38.6 Å². The number of methoxy groups -OCH3 is 1. The highest BCUT2D eigenvalue weighted by Crippen LogP contribution is 2.15. The number of carbonyl (C=O) groups excluding carboxylic acids is 4. The van der Waals surface area contributed by atoms with Gasteiger partial charge in [-0.2, -0.15) is 0 Å². The molecule has 0 aliphatic carbocycles. The lowest BCUT2D eigenvalue weighted by atomic mass is 10.0. The summed E-state index contributed by atoms with van der Waals surface area (Å²) in [6, 6.07) is 3.03. The van der Waals surface area contributed by atoms with Crippen molar-refractivity contribution in [1.29, 1.82) is 0 Å². The van der Waals surface area contributed by atoms with Gasteiger partial charge < -0.3 is 35.3 Å². The van der Waals surface area contributed by atoms with Crippen molar-refractivity contribution in [2.75, 3.05) is 12.3 Å². The quantitative estimate of drug-likeness (QED) is 0.262. The van der Waals surface area contributed by atoms with Gasteiger partial charge in [0.25, 0.3) is 0 Å². The molecule has 0 saturated heterocycles. The van der Waals surface area contributed by atoms with Crippen LogP contribution in [-0.4, -0.2) is 59.5 Å². The van der Waals surface area contributed by atoms with Crippen molar-refractivity contribution >= 4 is 29.6 Å². The smallest absolute Gasteiger partial charge is 0.408 e. The Morgan fingerprint density at radius 1 is 0.943 bits per heavy atom. The number of rotatable bonds is 9. The molecule has 1 aromatic rings. The molecule has 2 amide bonds. The summed E-state index contributed by atoms with van der Waals surface area (Å²) in [5, 5.41) is 24.4. The van der Waals surface area contributed by atoms with E-state index in [1.165, 1.54) is 24.3 Å². The summed E-state index contributed by atoms with van der Waals surface area (Å²) in [5.41, 5.74) is -1.16. The maximum absolute atomic E-state index is 13.0. The Bertz CT molecular complexity index is 857. The summed E-state index contributed by atoms with van der Waals surface area (Å²) < 4.78 is 15.2. The van der Waals surface area contributed by atoms with Gasteiger partial charge in [-0.15, -0.1) is 0 Å². The summed E-state index contributed by atoms with van der Waals surface area (Å²) in [7, 11) is 1.14. The molecule has 0 spiro atoms. The lowest BCUT2D eigenvalue weighted by molar-refractivity contribution is -0.156. The maximum atomic E-state index is 13.0. The molecule has 0 aromatic heterocycles. The van der Waals surface area contributed by atoms with Crippen LogP contribution in [0.5, 0.6) is 0 Å². The zero-order valence-corrected chi connectivity index (χ0v) is 21.0. The van der Waals surface area contributed by atoms with E-state index < -0.39 is 53.6 Å². The van der Waals surface area contributed by atoms with E-state index in [9.17, 15) is 24.4 Å². The second-order valence-electron chi connectivity index (χ2n) is 9.72. The van der Waals surface area contributed by atoms with Gasteiger partial charge >= 0.3 is 18.0 Å². The molecule has 0 aliphatic rings. The molecule has 12 heteroatoms. The van der Waals surface area contributed by atoms with Crippen LogP contribution in [0.15, 0.2) is 24.3 Å². The van der Waals surface area contributed by atoms with Crippen molar-refractivity contribution in [3.8, 4) is 0 Å². The average Bonchev–Trinajstić information content (AvgIpc) is 2.69. The number of carbonyl (C=O) groups is 4. The fraction of sp³-hybridized carbons (Fsp3) is 0.565. The van der Waals surface area contributed by atoms with Gasteiger partial charge in [-0.3, -0.25) is 14.8 Å². The molecule has 1 rings (SSSR count). The van der Waals surface area contributed by atoms with Gasteiger partial charge in [-0.05, 0) is 59.2 Å². The number of amides is 2. The molecule has 3 N–H and O–H groups in total. The van der Waals surface area contributed by atoms with Crippen LogP contribution in [0, 0.1) is 5.21 Å². The van der Waals surface area contributed by atoms with E-state index in [2.05, 4.69) is 10.6 Å². The number of hydrogen-bond acceptors (Lipinski definition) is 10. The first-order valence-corrected chi connectivity index (χ1v) is 10.9. The van der Waals surface area contributed by atoms with Gasteiger partial charge in [-0.1, -0.05) is 12.1 Å². The Morgan fingerprint density at radius 3 is 1.94 bits per heavy atom. The maximum Gasteiger partial charge on any atom is 0.408 e. The van der Waals surface area contributed by atoms with Crippen LogP contribution in [0.4, 0.5) is 10.5 Å². The van der Waals surface area contributed by atoms with Crippen LogP contribution in [0.2, 0.25) is 0 Å². The molecular weight excluding hydrogens is 462 g/mol. The Balaban J connectivity index is 3.07. The summed E-state index contributed by atoms with van der Waals surface area (Å²) >= 11 is 0. The SMILES string of the molecule is COC(=O)C(Cc1ccc(N([O-])O)cc1)NC(=O)C(CC(=O)OC(C)(C)C)NC(=O)OC(C)(C)C. The van der Waals surface area contributed by atoms with E-state index in [0.29, 0.717) is 5.56 Å². The standard InChI is InChI=1S/C23H34N3O9/c1-22(2,3)34-18(27)13-16(25-21(30)35-23(4,5)6)19(28)24-17(20(29)33-7)12-14-8-10-15(11-9-14)26(31)32/h8-11,16-17,31H,12-13H2,1-7H3,(H,24,28)(H,25,30)/q-1. The molecule has 0 heterocycles. The zero-order valence-electron chi connectivity index (χ0n) is 21.0. The van der Waals surface area contributed by atoms with Crippen LogP contribution < -0.4 is 15.9 Å². The van der Waals surface area contributed by atoms with Gasteiger partial charge in [0.1, 0.15) is 23.3 Å². The number of esters is 2. The molecule has 0 aliphatic heterocycles. The van der Waals surface area contributed by atoms with Crippen LogP contribution in [0.1, 0.15) is 53.5 Å². The normalized spacial score (nSPS) is 13.2. The predicted molar refractivity (Wildman–Crippen MR) is 125 cm³/mol. The largest absolute Gasteiger partial charge is 0.733 e. The molecule has 1 aromatic carbocycles. The van der Waals surface area contributed by atoms with E-state index in [0.717, 1.165) is 7.11 Å². The topological polar surface area (TPSA) is 167 Å². The molecule has 196 valence electrons. The highest BCUT2D eigenvalue weighted by atomic mass is 16.8. The number of hydrogen-bond donors (Lipinski definition) is 3. The fourth-order valence-corrected chi connectivity index (χ4v) is 2.81. The van der Waals surface area contributed by atoms with Crippen molar-refractivity contribution in [2.24, 2.45) is 0 Å². The summed E-state index contributed by atoms with van der Waals surface area (Å²) in [6.07, 6.45) is -1.48. The van der Waals surface area contributed by atoms with Crippen LogP contribution in [0.25, 0.3) is 0 Å². The Labute approximate surface area is 204 Å². The third-order valence-electron chi connectivity index (χ3n) is 4.20. The second-order valence-corrected chi connectivity index (χ2v) is 9.72. The fourth-order valence-electron chi connectivity index (χ4n) is 2.81.